The molecular weight excluding hydrogens is 352 g/mol. The molecule has 0 atom stereocenters. The van der Waals surface area contributed by atoms with Gasteiger partial charge in [-0.2, -0.15) is 0 Å². The summed E-state index contributed by atoms with van der Waals surface area (Å²) in [6.45, 7) is 4.39. The van der Waals surface area contributed by atoms with Crippen LogP contribution in [0.15, 0.2) is 24.4 Å². The minimum Gasteiger partial charge on any atom is -0.426 e. The number of carbonyl (C=O) groups excluding carboxylic acids is 3. The third-order valence-corrected chi connectivity index (χ3v) is 4.32. The van der Waals surface area contributed by atoms with E-state index in [1.807, 2.05) is 0 Å². The maximum atomic E-state index is 12.8. The molecule has 2 aromatic rings. The number of H-pyrrole nitrogens is 1. The number of hydrogen-bond donors (Lipinski definition) is 1. The SMILES string of the molecule is CCN(OC1CCOCC1)C(=O)C(=O)c1c[nH]c2cccc(OC(C)=O)c12. The summed E-state index contributed by atoms with van der Waals surface area (Å²) >= 11 is 0. The van der Waals surface area contributed by atoms with Gasteiger partial charge >= 0.3 is 11.9 Å². The maximum absolute atomic E-state index is 12.8. The fourth-order valence-corrected chi connectivity index (χ4v) is 3.03. The van der Waals surface area contributed by atoms with Gasteiger partial charge in [0.2, 0.25) is 0 Å². The van der Waals surface area contributed by atoms with Crippen molar-refractivity contribution in [3.63, 3.8) is 0 Å². The van der Waals surface area contributed by atoms with E-state index in [4.69, 9.17) is 14.3 Å². The number of likely N-dealkylation sites (N-methyl/N-ethyl adjacent to an activating group) is 1. The van der Waals surface area contributed by atoms with E-state index in [2.05, 4.69) is 4.98 Å². The number of ketones is 1. The van der Waals surface area contributed by atoms with E-state index in [0.717, 1.165) is 5.06 Å². The molecule has 144 valence electrons. The number of hydroxylamine groups is 2. The lowest BCUT2D eigenvalue weighted by Crippen LogP contribution is -2.41. The Bertz CT molecular complexity index is 853. The van der Waals surface area contributed by atoms with Crippen molar-refractivity contribution in [1.82, 2.24) is 10.0 Å². The number of benzene rings is 1. The number of esters is 1. The number of ether oxygens (including phenoxy) is 2. The van der Waals surface area contributed by atoms with Crippen molar-refractivity contribution in [2.45, 2.75) is 32.8 Å². The van der Waals surface area contributed by atoms with Crippen LogP contribution in [0.2, 0.25) is 0 Å². The van der Waals surface area contributed by atoms with E-state index in [1.54, 1.807) is 25.1 Å². The van der Waals surface area contributed by atoms with Gasteiger partial charge in [0.25, 0.3) is 5.78 Å². The van der Waals surface area contributed by atoms with E-state index in [9.17, 15) is 14.4 Å². The summed E-state index contributed by atoms with van der Waals surface area (Å²) in [5, 5.41) is 1.49. The lowest BCUT2D eigenvalue weighted by atomic mass is 10.1. The number of hydrogen-bond acceptors (Lipinski definition) is 6. The third-order valence-electron chi connectivity index (χ3n) is 4.32. The molecule has 1 aromatic heterocycles. The third kappa shape index (κ3) is 4.17. The molecule has 3 rings (SSSR count). The molecule has 1 saturated heterocycles. The summed E-state index contributed by atoms with van der Waals surface area (Å²) in [4.78, 5) is 45.6. The Morgan fingerprint density at radius 1 is 1.26 bits per heavy atom. The summed E-state index contributed by atoms with van der Waals surface area (Å²) in [7, 11) is 0. The second kappa shape index (κ2) is 8.32. The number of Topliss-reactive ketones (excluding diaryl/α,β-unsaturated/α-hetero) is 1. The molecule has 0 aliphatic carbocycles. The molecule has 8 nitrogen and oxygen atoms in total. The number of nitrogens with one attached hydrogen (secondary N) is 1. The molecular formula is C19H22N2O6. The van der Waals surface area contributed by atoms with Gasteiger partial charge in [-0.25, -0.2) is 5.06 Å². The van der Waals surface area contributed by atoms with E-state index < -0.39 is 17.7 Å². The number of fused-ring (bicyclic) bond motifs is 1. The van der Waals surface area contributed by atoms with Gasteiger partial charge in [0.1, 0.15) is 5.75 Å². The van der Waals surface area contributed by atoms with Gasteiger partial charge in [0.15, 0.2) is 0 Å². The first-order chi connectivity index (χ1) is 13.0. The number of nitrogens with zero attached hydrogens (tertiary/aromatic N) is 1. The van der Waals surface area contributed by atoms with E-state index >= 15 is 0 Å². The maximum Gasteiger partial charge on any atom is 0.318 e. The van der Waals surface area contributed by atoms with Crippen LogP contribution in [0.3, 0.4) is 0 Å². The number of amides is 1. The van der Waals surface area contributed by atoms with Crippen LogP contribution in [-0.2, 0) is 19.2 Å². The lowest BCUT2D eigenvalue weighted by Gasteiger charge is -2.28. The summed E-state index contributed by atoms with van der Waals surface area (Å²) in [5.41, 5.74) is 0.735. The Balaban J connectivity index is 1.85. The predicted molar refractivity (Wildman–Crippen MR) is 96.3 cm³/mol. The summed E-state index contributed by atoms with van der Waals surface area (Å²) in [6.07, 6.45) is 2.62. The van der Waals surface area contributed by atoms with Gasteiger partial charge in [0.05, 0.1) is 17.1 Å². The average Bonchev–Trinajstić information content (AvgIpc) is 3.10. The van der Waals surface area contributed by atoms with Crippen LogP contribution in [0.25, 0.3) is 10.9 Å². The fraction of sp³-hybridized carbons (Fsp3) is 0.421. The fourth-order valence-electron chi connectivity index (χ4n) is 3.03. The summed E-state index contributed by atoms with van der Waals surface area (Å²) in [6, 6.07) is 5.01. The molecule has 27 heavy (non-hydrogen) atoms. The highest BCUT2D eigenvalue weighted by molar-refractivity contribution is 6.44. The monoisotopic (exact) mass is 374 g/mol. The zero-order valence-electron chi connectivity index (χ0n) is 15.3. The molecule has 1 N–H and O–H groups in total. The highest BCUT2D eigenvalue weighted by Crippen LogP contribution is 2.29. The largest absolute Gasteiger partial charge is 0.426 e. The van der Waals surface area contributed by atoms with Gasteiger partial charge in [-0.1, -0.05) is 6.07 Å². The smallest absolute Gasteiger partial charge is 0.318 e. The van der Waals surface area contributed by atoms with Crippen LogP contribution in [0, 0.1) is 0 Å². The molecule has 1 amide bonds. The lowest BCUT2D eigenvalue weighted by molar-refractivity contribution is -0.211. The number of rotatable bonds is 6. The summed E-state index contributed by atoms with van der Waals surface area (Å²) < 4.78 is 10.5. The van der Waals surface area contributed by atoms with Crippen molar-refractivity contribution in [2.75, 3.05) is 19.8 Å². The first-order valence-corrected chi connectivity index (χ1v) is 8.90. The van der Waals surface area contributed by atoms with Crippen molar-refractivity contribution >= 4 is 28.6 Å². The van der Waals surface area contributed by atoms with Gasteiger partial charge in [-0.3, -0.25) is 19.2 Å². The van der Waals surface area contributed by atoms with Gasteiger partial charge < -0.3 is 14.5 Å². The Hall–Kier alpha value is -2.71. The van der Waals surface area contributed by atoms with Crippen molar-refractivity contribution in [3.8, 4) is 5.75 Å². The van der Waals surface area contributed by atoms with Gasteiger partial charge in [-0.05, 0) is 31.9 Å². The number of carbonyl (C=O) groups is 3. The second-order valence-corrected chi connectivity index (χ2v) is 6.22. The average molecular weight is 374 g/mol. The van der Waals surface area contributed by atoms with Crippen LogP contribution in [0.4, 0.5) is 0 Å². The number of aromatic amines is 1. The molecule has 0 saturated carbocycles. The molecule has 0 unspecified atom stereocenters. The Morgan fingerprint density at radius 2 is 2.00 bits per heavy atom. The van der Waals surface area contributed by atoms with Gasteiger partial charge in [-0.15, -0.1) is 0 Å². The van der Waals surface area contributed by atoms with Gasteiger partial charge in [0, 0.05) is 38.4 Å². The minimum absolute atomic E-state index is 0.140. The molecule has 1 fully saturated rings. The van der Waals surface area contributed by atoms with Crippen molar-refractivity contribution in [2.24, 2.45) is 0 Å². The second-order valence-electron chi connectivity index (χ2n) is 6.22. The zero-order chi connectivity index (χ0) is 19.4. The molecule has 0 bridgehead atoms. The van der Waals surface area contributed by atoms with Crippen LogP contribution >= 0.6 is 0 Å². The van der Waals surface area contributed by atoms with Crippen LogP contribution in [0.1, 0.15) is 37.0 Å². The molecule has 2 heterocycles. The molecule has 0 radical (unpaired) electrons. The molecule has 1 aliphatic heterocycles. The Morgan fingerprint density at radius 3 is 2.67 bits per heavy atom. The molecule has 8 heteroatoms. The highest BCUT2D eigenvalue weighted by atomic mass is 16.7. The van der Waals surface area contributed by atoms with E-state index in [1.165, 1.54) is 13.1 Å². The quantitative estimate of drug-likeness (QED) is 0.274. The highest BCUT2D eigenvalue weighted by Gasteiger charge is 2.29. The summed E-state index contributed by atoms with van der Waals surface area (Å²) in [5.74, 6) is -1.77. The Kier molecular flexibility index (Phi) is 5.88. The van der Waals surface area contributed by atoms with Crippen LogP contribution in [0.5, 0.6) is 5.75 Å². The minimum atomic E-state index is -0.762. The Labute approximate surface area is 156 Å². The van der Waals surface area contributed by atoms with Crippen LogP contribution < -0.4 is 4.74 Å². The number of aromatic nitrogens is 1. The normalized spacial score (nSPS) is 14.9. The molecule has 0 spiro atoms. The van der Waals surface area contributed by atoms with Crippen molar-refractivity contribution in [1.29, 1.82) is 0 Å². The molecule has 1 aromatic carbocycles. The van der Waals surface area contributed by atoms with Crippen molar-refractivity contribution < 1.29 is 28.7 Å². The first kappa shape index (κ1) is 19.1. The van der Waals surface area contributed by atoms with E-state index in [0.29, 0.717) is 37.0 Å². The zero-order valence-corrected chi connectivity index (χ0v) is 15.3. The van der Waals surface area contributed by atoms with Crippen LogP contribution in [-0.4, -0.2) is 53.6 Å². The first-order valence-electron chi connectivity index (χ1n) is 8.90. The standard InChI is InChI=1S/C19H22N2O6/c1-3-21(27-13-7-9-25-10-8-13)19(24)18(23)14-11-20-15-5-4-6-16(17(14)15)26-12(2)22/h4-6,11,13,20H,3,7-10H2,1-2H3. The molecule has 1 aliphatic rings. The van der Waals surface area contributed by atoms with Crippen molar-refractivity contribution in [3.05, 3.63) is 30.0 Å². The topological polar surface area (TPSA) is 97.9 Å². The predicted octanol–water partition coefficient (Wildman–Crippen LogP) is 2.23. The van der Waals surface area contributed by atoms with E-state index in [-0.39, 0.29) is 24.0 Å².